The van der Waals surface area contributed by atoms with Gasteiger partial charge in [-0.2, -0.15) is 0 Å². The second kappa shape index (κ2) is 4.13. The van der Waals surface area contributed by atoms with Crippen LogP contribution in [0.15, 0.2) is 47.4 Å². The van der Waals surface area contributed by atoms with Crippen LogP contribution in [0.5, 0.6) is 0 Å². The lowest BCUT2D eigenvalue weighted by atomic mass is 10.1. The molecule has 0 aliphatic rings. The first-order chi connectivity index (χ1) is 7.29. The summed E-state index contributed by atoms with van der Waals surface area (Å²) in [4.78, 5) is 14.3. The lowest BCUT2D eigenvalue weighted by Crippen LogP contribution is -1.98. The van der Waals surface area contributed by atoms with Gasteiger partial charge in [-0.05, 0) is 23.6 Å². The Kier molecular flexibility index (Phi) is 2.68. The van der Waals surface area contributed by atoms with Crippen LogP contribution in [0.1, 0.15) is 12.5 Å². The molecule has 2 nitrogen and oxygen atoms in total. The van der Waals surface area contributed by atoms with E-state index < -0.39 is 0 Å². The number of pyridine rings is 1. The second-order valence-electron chi connectivity index (χ2n) is 3.49. The summed E-state index contributed by atoms with van der Waals surface area (Å²) in [5.41, 5.74) is 3.24. The summed E-state index contributed by atoms with van der Waals surface area (Å²) in [5.74, 6) is 0. The molecule has 0 unspecified atom stereocenters. The molecule has 0 spiro atoms. The predicted octanol–water partition coefficient (Wildman–Crippen LogP) is 2.60. The van der Waals surface area contributed by atoms with Crippen molar-refractivity contribution in [3.8, 4) is 11.3 Å². The average Bonchev–Trinajstić information content (AvgIpc) is 2.29. The SMILES string of the molecule is CCc1cccc(-c2cc(=O)cc[nH]2)c1. The van der Waals surface area contributed by atoms with Gasteiger partial charge in [0.1, 0.15) is 0 Å². The quantitative estimate of drug-likeness (QED) is 0.792. The fourth-order valence-corrected chi connectivity index (χ4v) is 1.57. The van der Waals surface area contributed by atoms with E-state index in [0.29, 0.717) is 0 Å². The van der Waals surface area contributed by atoms with Gasteiger partial charge in [-0.25, -0.2) is 0 Å². The number of rotatable bonds is 2. The molecule has 2 aromatic rings. The zero-order chi connectivity index (χ0) is 10.7. The Labute approximate surface area is 88.6 Å². The summed E-state index contributed by atoms with van der Waals surface area (Å²) in [6.07, 6.45) is 2.68. The molecule has 1 heterocycles. The highest BCUT2D eigenvalue weighted by molar-refractivity contribution is 5.59. The van der Waals surface area contributed by atoms with Gasteiger partial charge in [-0.1, -0.05) is 25.1 Å². The van der Waals surface area contributed by atoms with Gasteiger partial charge in [0.15, 0.2) is 5.43 Å². The number of aryl methyl sites for hydroxylation is 1. The standard InChI is InChI=1S/C13H13NO/c1-2-10-4-3-5-11(8-10)13-9-12(15)6-7-14-13/h3-9H,2H2,1H3,(H,14,15). The Bertz CT molecular complexity index is 514. The van der Waals surface area contributed by atoms with E-state index in [9.17, 15) is 4.79 Å². The van der Waals surface area contributed by atoms with Crippen LogP contribution in [0.4, 0.5) is 0 Å². The molecule has 1 N–H and O–H groups in total. The molecular formula is C13H13NO. The van der Waals surface area contributed by atoms with Crippen molar-refractivity contribution in [2.45, 2.75) is 13.3 Å². The lowest BCUT2D eigenvalue weighted by Gasteiger charge is -2.03. The number of H-pyrrole nitrogens is 1. The number of hydrogen-bond donors (Lipinski definition) is 1. The molecule has 0 amide bonds. The molecule has 76 valence electrons. The molecule has 0 radical (unpaired) electrons. The number of aromatic nitrogens is 1. The van der Waals surface area contributed by atoms with Crippen molar-refractivity contribution in [1.82, 2.24) is 4.98 Å². The molecule has 2 heteroatoms. The molecule has 0 atom stereocenters. The monoisotopic (exact) mass is 199 g/mol. The van der Waals surface area contributed by atoms with Crippen LogP contribution in [-0.2, 0) is 6.42 Å². The van der Waals surface area contributed by atoms with Crippen molar-refractivity contribution in [1.29, 1.82) is 0 Å². The summed E-state index contributed by atoms with van der Waals surface area (Å²) in [6.45, 7) is 2.12. The number of aromatic amines is 1. The van der Waals surface area contributed by atoms with Gasteiger partial charge in [-0.3, -0.25) is 4.79 Å². The minimum absolute atomic E-state index is 0.0330. The maximum atomic E-state index is 11.2. The Morgan fingerprint density at radius 1 is 1.20 bits per heavy atom. The fourth-order valence-electron chi connectivity index (χ4n) is 1.57. The van der Waals surface area contributed by atoms with Crippen LogP contribution in [0.3, 0.4) is 0 Å². The van der Waals surface area contributed by atoms with Gasteiger partial charge in [0.2, 0.25) is 0 Å². The van der Waals surface area contributed by atoms with Gasteiger partial charge in [0, 0.05) is 24.0 Å². The van der Waals surface area contributed by atoms with Crippen molar-refractivity contribution < 1.29 is 0 Å². The van der Waals surface area contributed by atoms with Crippen LogP contribution < -0.4 is 5.43 Å². The summed E-state index contributed by atoms with van der Waals surface area (Å²) < 4.78 is 0. The van der Waals surface area contributed by atoms with E-state index >= 15 is 0 Å². The van der Waals surface area contributed by atoms with Crippen LogP contribution >= 0.6 is 0 Å². The molecule has 1 aromatic heterocycles. The topological polar surface area (TPSA) is 32.9 Å². The first-order valence-electron chi connectivity index (χ1n) is 5.07. The summed E-state index contributed by atoms with van der Waals surface area (Å²) >= 11 is 0. The minimum Gasteiger partial charge on any atom is -0.361 e. The first kappa shape index (κ1) is 9.71. The minimum atomic E-state index is 0.0330. The van der Waals surface area contributed by atoms with Gasteiger partial charge >= 0.3 is 0 Å². The molecule has 0 saturated carbocycles. The van der Waals surface area contributed by atoms with Gasteiger partial charge in [0.25, 0.3) is 0 Å². The van der Waals surface area contributed by atoms with Crippen molar-refractivity contribution >= 4 is 0 Å². The summed E-state index contributed by atoms with van der Waals surface area (Å²) in [5, 5.41) is 0. The summed E-state index contributed by atoms with van der Waals surface area (Å²) in [6, 6.07) is 11.3. The molecule has 0 saturated heterocycles. The van der Waals surface area contributed by atoms with E-state index in [0.717, 1.165) is 17.7 Å². The van der Waals surface area contributed by atoms with E-state index in [1.54, 1.807) is 12.3 Å². The largest absolute Gasteiger partial charge is 0.361 e. The fraction of sp³-hybridized carbons (Fsp3) is 0.154. The molecule has 1 aromatic carbocycles. The first-order valence-corrected chi connectivity index (χ1v) is 5.07. The van der Waals surface area contributed by atoms with E-state index in [1.807, 2.05) is 12.1 Å². The van der Waals surface area contributed by atoms with Crippen LogP contribution in [-0.4, -0.2) is 4.98 Å². The van der Waals surface area contributed by atoms with Gasteiger partial charge in [-0.15, -0.1) is 0 Å². The highest BCUT2D eigenvalue weighted by atomic mass is 16.1. The van der Waals surface area contributed by atoms with Crippen molar-refractivity contribution in [3.63, 3.8) is 0 Å². The van der Waals surface area contributed by atoms with E-state index in [1.165, 1.54) is 11.6 Å². The van der Waals surface area contributed by atoms with Crippen LogP contribution in [0, 0.1) is 0 Å². The lowest BCUT2D eigenvalue weighted by molar-refractivity contribution is 1.14. The Morgan fingerprint density at radius 2 is 2.07 bits per heavy atom. The third-order valence-electron chi connectivity index (χ3n) is 2.42. The molecular weight excluding hydrogens is 186 g/mol. The van der Waals surface area contributed by atoms with Crippen LogP contribution in [0.25, 0.3) is 11.3 Å². The zero-order valence-electron chi connectivity index (χ0n) is 8.66. The Balaban J connectivity index is 2.49. The maximum absolute atomic E-state index is 11.2. The number of nitrogens with one attached hydrogen (secondary N) is 1. The smallest absolute Gasteiger partial charge is 0.182 e. The molecule has 2 rings (SSSR count). The highest BCUT2D eigenvalue weighted by Crippen LogP contribution is 2.16. The van der Waals surface area contributed by atoms with Gasteiger partial charge in [0.05, 0.1) is 0 Å². The van der Waals surface area contributed by atoms with E-state index in [4.69, 9.17) is 0 Å². The molecule has 0 aliphatic carbocycles. The molecule has 15 heavy (non-hydrogen) atoms. The second-order valence-corrected chi connectivity index (χ2v) is 3.49. The average molecular weight is 199 g/mol. The third-order valence-corrected chi connectivity index (χ3v) is 2.42. The van der Waals surface area contributed by atoms with Gasteiger partial charge < -0.3 is 4.98 Å². The van der Waals surface area contributed by atoms with E-state index in [-0.39, 0.29) is 5.43 Å². The Morgan fingerprint density at radius 3 is 2.80 bits per heavy atom. The van der Waals surface area contributed by atoms with Crippen LogP contribution in [0.2, 0.25) is 0 Å². The normalized spacial score (nSPS) is 10.2. The van der Waals surface area contributed by atoms with Crippen molar-refractivity contribution in [2.75, 3.05) is 0 Å². The molecule has 0 bridgehead atoms. The maximum Gasteiger partial charge on any atom is 0.182 e. The third kappa shape index (κ3) is 2.15. The zero-order valence-corrected chi connectivity index (χ0v) is 8.66. The predicted molar refractivity (Wildman–Crippen MR) is 61.9 cm³/mol. The Hall–Kier alpha value is -1.83. The van der Waals surface area contributed by atoms with E-state index in [2.05, 4.69) is 24.0 Å². The number of benzene rings is 1. The van der Waals surface area contributed by atoms with Crippen molar-refractivity contribution in [2.24, 2.45) is 0 Å². The molecule has 0 aliphatic heterocycles. The van der Waals surface area contributed by atoms with Crippen molar-refractivity contribution in [3.05, 3.63) is 58.4 Å². The summed E-state index contributed by atoms with van der Waals surface area (Å²) in [7, 11) is 0. The molecule has 0 fully saturated rings. The highest BCUT2D eigenvalue weighted by Gasteiger charge is 1.98. The number of hydrogen-bond acceptors (Lipinski definition) is 1.